The van der Waals surface area contributed by atoms with Gasteiger partial charge in [-0.2, -0.15) is 0 Å². The second-order valence-electron chi connectivity index (χ2n) is 2.31. The van der Waals surface area contributed by atoms with E-state index in [9.17, 15) is 4.79 Å². The van der Waals surface area contributed by atoms with Crippen LogP contribution < -0.4 is 0 Å². The fraction of sp³-hybridized carbons (Fsp3) is 0.375. The number of aromatic nitrogens is 2. The molecule has 0 N–H and O–H groups in total. The average Bonchev–Trinajstić information content (AvgIpc) is 2.15. The first-order valence-electron chi connectivity index (χ1n) is 3.70. The maximum absolute atomic E-state index is 11.3. The Hall–Kier alpha value is -0.770. The van der Waals surface area contributed by atoms with E-state index in [1.165, 1.54) is 12.4 Å². The van der Waals surface area contributed by atoms with Crippen LogP contribution in [0, 0.1) is 0 Å². The van der Waals surface area contributed by atoms with Crippen LogP contribution in [-0.2, 0) is 0 Å². The minimum absolute atomic E-state index is 0.0579. The van der Waals surface area contributed by atoms with Crippen LogP contribution in [0.4, 0.5) is 0 Å². The number of halogens is 1. The largest absolute Gasteiger partial charge is 0.292 e. The van der Waals surface area contributed by atoms with Crippen molar-refractivity contribution in [3.63, 3.8) is 0 Å². The third-order valence-electron chi connectivity index (χ3n) is 1.39. The number of Topliss-reactive ketones (excluding diaryl/α,β-unsaturated/α-hetero) is 1. The zero-order valence-corrected chi connectivity index (χ0v) is 8.12. The van der Waals surface area contributed by atoms with Crippen LogP contribution in [0.5, 0.6) is 0 Å². The summed E-state index contributed by atoms with van der Waals surface area (Å²) in [5, 5.41) is 0.846. The van der Waals surface area contributed by atoms with Crippen molar-refractivity contribution in [2.45, 2.75) is 12.8 Å². The van der Waals surface area contributed by atoms with Gasteiger partial charge in [-0.15, -0.1) is 0 Å². The van der Waals surface area contributed by atoms with E-state index in [2.05, 4.69) is 25.9 Å². The molecule has 3 nitrogen and oxygen atoms in total. The van der Waals surface area contributed by atoms with Crippen molar-refractivity contribution in [1.29, 1.82) is 0 Å². The van der Waals surface area contributed by atoms with Crippen molar-refractivity contribution in [2.75, 3.05) is 5.33 Å². The molecule has 0 amide bonds. The van der Waals surface area contributed by atoms with Crippen LogP contribution >= 0.6 is 15.9 Å². The maximum Gasteiger partial charge on any atom is 0.182 e. The van der Waals surface area contributed by atoms with Gasteiger partial charge in [-0.05, 0) is 6.42 Å². The van der Waals surface area contributed by atoms with E-state index in [1.807, 2.05) is 0 Å². The quantitative estimate of drug-likeness (QED) is 0.584. The molecule has 0 saturated carbocycles. The summed E-state index contributed by atoms with van der Waals surface area (Å²) >= 11 is 3.26. The van der Waals surface area contributed by atoms with E-state index in [4.69, 9.17) is 0 Å². The van der Waals surface area contributed by atoms with Gasteiger partial charge in [0.15, 0.2) is 5.78 Å². The molecule has 1 rings (SSSR count). The third kappa shape index (κ3) is 2.70. The van der Waals surface area contributed by atoms with Gasteiger partial charge in [0.05, 0.1) is 6.20 Å². The predicted octanol–water partition coefficient (Wildman–Crippen LogP) is 1.83. The Labute approximate surface area is 79.4 Å². The van der Waals surface area contributed by atoms with Gasteiger partial charge in [0.2, 0.25) is 0 Å². The SMILES string of the molecule is O=C(CCCBr)c1cnccn1. The Kier molecular flexibility index (Phi) is 3.87. The summed E-state index contributed by atoms with van der Waals surface area (Å²) < 4.78 is 0. The number of hydrogen-bond donors (Lipinski definition) is 0. The molecule has 0 aromatic carbocycles. The highest BCUT2D eigenvalue weighted by atomic mass is 79.9. The normalized spacial score (nSPS) is 9.75. The number of rotatable bonds is 4. The first-order valence-corrected chi connectivity index (χ1v) is 4.82. The fourth-order valence-electron chi connectivity index (χ4n) is 0.799. The van der Waals surface area contributed by atoms with Gasteiger partial charge < -0.3 is 0 Å². The van der Waals surface area contributed by atoms with Crippen molar-refractivity contribution in [3.8, 4) is 0 Å². The highest BCUT2D eigenvalue weighted by molar-refractivity contribution is 9.09. The Morgan fingerprint density at radius 3 is 2.92 bits per heavy atom. The van der Waals surface area contributed by atoms with Crippen molar-refractivity contribution in [3.05, 3.63) is 24.3 Å². The fourth-order valence-corrected chi connectivity index (χ4v) is 1.08. The van der Waals surface area contributed by atoms with Gasteiger partial charge >= 0.3 is 0 Å². The molecule has 0 saturated heterocycles. The van der Waals surface area contributed by atoms with E-state index in [0.717, 1.165) is 11.8 Å². The summed E-state index contributed by atoms with van der Waals surface area (Å²) in [6, 6.07) is 0. The highest BCUT2D eigenvalue weighted by Crippen LogP contribution is 2.01. The Morgan fingerprint density at radius 2 is 2.33 bits per heavy atom. The molecule has 0 aliphatic heterocycles. The first kappa shape index (κ1) is 9.32. The van der Waals surface area contributed by atoms with Crippen LogP contribution in [-0.4, -0.2) is 21.1 Å². The van der Waals surface area contributed by atoms with Crippen molar-refractivity contribution >= 4 is 21.7 Å². The molecule has 0 unspecified atom stereocenters. The van der Waals surface area contributed by atoms with Crippen LogP contribution in [0.3, 0.4) is 0 Å². The average molecular weight is 229 g/mol. The Balaban J connectivity index is 2.54. The second-order valence-corrected chi connectivity index (χ2v) is 3.10. The lowest BCUT2D eigenvalue weighted by molar-refractivity contribution is 0.0977. The van der Waals surface area contributed by atoms with Gasteiger partial charge in [-0.3, -0.25) is 9.78 Å². The summed E-state index contributed by atoms with van der Waals surface area (Å²) in [5.74, 6) is 0.0579. The Bertz CT molecular complexity index is 250. The molecule has 0 fully saturated rings. The number of hydrogen-bond acceptors (Lipinski definition) is 3. The summed E-state index contributed by atoms with van der Waals surface area (Å²) in [6.07, 6.45) is 5.96. The van der Waals surface area contributed by atoms with E-state index in [0.29, 0.717) is 12.1 Å². The van der Waals surface area contributed by atoms with Gasteiger partial charge in [-0.25, -0.2) is 4.98 Å². The molecule has 0 atom stereocenters. The number of carbonyl (C=O) groups is 1. The summed E-state index contributed by atoms with van der Waals surface area (Å²) in [6.45, 7) is 0. The number of alkyl halides is 1. The smallest absolute Gasteiger partial charge is 0.182 e. The van der Waals surface area contributed by atoms with Gasteiger partial charge in [0.1, 0.15) is 5.69 Å². The van der Waals surface area contributed by atoms with Crippen molar-refractivity contribution in [1.82, 2.24) is 9.97 Å². The lowest BCUT2D eigenvalue weighted by atomic mass is 10.2. The molecule has 0 aliphatic rings. The standard InChI is InChI=1S/C8H9BrN2O/c9-3-1-2-8(12)7-6-10-4-5-11-7/h4-6H,1-3H2. The van der Waals surface area contributed by atoms with E-state index in [1.54, 1.807) is 6.20 Å². The van der Waals surface area contributed by atoms with Gasteiger partial charge in [-0.1, -0.05) is 15.9 Å². The molecule has 0 bridgehead atoms. The summed E-state index contributed by atoms with van der Waals surface area (Å²) in [7, 11) is 0. The lowest BCUT2D eigenvalue weighted by Gasteiger charge is -1.95. The number of ketones is 1. The molecular weight excluding hydrogens is 220 g/mol. The molecule has 0 spiro atoms. The van der Waals surface area contributed by atoms with Crippen LogP contribution in [0.2, 0.25) is 0 Å². The monoisotopic (exact) mass is 228 g/mol. The summed E-state index contributed by atoms with van der Waals surface area (Å²) in [4.78, 5) is 19.0. The zero-order valence-electron chi connectivity index (χ0n) is 6.53. The minimum Gasteiger partial charge on any atom is -0.292 e. The predicted molar refractivity (Wildman–Crippen MR) is 49.4 cm³/mol. The molecule has 1 heterocycles. The molecular formula is C8H9BrN2O. The zero-order chi connectivity index (χ0) is 8.81. The minimum atomic E-state index is 0.0579. The summed E-state index contributed by atoms with van der Waals surface area (Å²) in [5.41, 5.74) is 0.457. The third-order valence-corrected chi connectivity index (χ3v) is 1.95. The second kappa shape index (κ2) is 4.98. The molecule has 1 aromatic rings. The van der Waals surface area contributed by atoms with Crippen molar-refractivity contribution in [2.24, 2.45) is 0 Å². The Morgan fingerprint density at radius 1 is 1.50 bits per heavy atom. The molecule has 0 aliphatic carbocycles. The molecule has 4 heteroatoms. The maximum atomic E-state index is 11.3. The molecule has 0 radical (unpaired) electrons. The molecule has 1 aromatic heterocycles. The van der Waals surface area contributed by atoms with Gasteiger partial charge in [0.25, 0.3) is 0 Å². The first-order chi connectivity index (χ1) is 5.84. The van der Waals surface area contributed by atoms with Crippen LogP contribution in [0.1, 0.15) is 23.3 Å². The van der Waals surface area contributed by atoms with Crippen LogP contribution in [0.15, 0.2) is 18.6 Å². The van der Waals surface area contributed by atoms with E-state index >= 15 is 0 Å². The lowest BCUT2D eigenvalue weighted by Crippen LogP contribution is -2.02. The van der Waals surface area contributed by atoms with Gasteiger partial charge in [0, 0.05) is 24.1 Å². The highest BCUT2D eigenvalue weighted by Gasteiger charge is 2.05. The van der Waals surface area contributed by atoms with E-state index in [-0.39, 0.29) is 5.78 Å². The molecule has 64 valence electrons. The van der Waals surface area contributed by atoms with Crippen molar-refractivity contribution < 1.29 is 4.79 Å². The molecule has 12 heavy (non-hydrogen) atoms. The number of carbonyl (C=O) groups excluding carboxylic acids is 1. The number of nitrogens with zero attached hydrogens (tertiary/aromatic N) is 2. The van der Waals surface area contributed by atoms with Crippen LogP contribution in [0.25, 0.3) is 0 Å². The topological polar surface area (TPSA) is 42.9 Å². The van der Waals surface area contributed by atoms with E-state index < -0.39 is 0 Å².